The van der Waals surface area contributed by atoms with Crippen molar-refractivity contribution in [1.29, 1.82) is 0 Å². The van der Waals surface area contributed by atoms with E-state index in [2.05, 4.69) is 9.64 Å². The SMILES string of the molecule is COC(=O)CN(C)C(=O)CCN1CCC(C(O)c2ccccc2)CC1. The highest BCUT2D eigenvalue weighted by Crippen LogP contribution is 2.30. The molecule has 1 fully saturated rings. The van der Waals surface area contributed by atoms with Crippen molar-refractivity contribution in [3.05, 3.63) is 35.9 Å². The zero-order chi connectivity index (χ0) is 18.2. The molecule has 0 saturated carbocycles. The van der Waals surface area contributed by atoms with Crippen molar-refractivity contribution in [2.75, 3.05) is 40.3 Å². The lowest BCUT2D eigenvalue weighted by Gasteiger charge is -2.34. The Bertz CT molecular complexity index is 556. The molecule has 1 unspecified atom stereocenters. The van der Waals surface area contributed by atoms with Gasteiger partial charge in [0.05, 0.1) is 13.2 Å². The highest BCUT2D eigenvalue weighted by molar-refractivity contribution is 5.81. The van der Waals surface area contributed by atoms with Crippen molar-refractivity contribution in [2.45, 2.75) is 25.4 Å². The van der Waals surface area contributed by atoms with Gasteiger partial charge in [-0.25, -0.2) is 0 Å². The van der Waals surface area contributed by atoms with Gasteiger partial charge >= 0.3 is 5.97 Å². The van der Waals surface area contributed by atoms with Gasteiger partial charge in [0.25, 0.3) is 0 Å². The summed E-state index contributed by atoms with van der Waals surface area (Å²) in [6, 6.07) is 9.78. The van der Waals surface area contributed by atoms with Crippen molar-refractivity contribution in [3.8, 4) is 0 Å². The maximum Gasteiger partial charge on any atom is 0.325 e. The van der Waals surface area contributed by atoms with Gasteiger partial charge in [-0.05, 0) is 37.4 Å². The second kappa shape index (κ2) is 9.53. The number of methoxy groups -OCH3 is 1. The molecule has 1 aliphatic heterocycles. The summed E-state index contributed by atoms with van der Waals surface area (Å²) in [5, 5.41) is 10.5. The smallest absolute Gasteiger partial charge is 0.325 e. The molecule has 0 radical (unpaired) electrons. The fraction of sp³-hybridized carbons (Fsp3) is 0.579. The minimum absolute atomic E-state index is 0.0132. The van der Waals surface area contributed by atoms with Crippen LogP contribution in [0.3, 0.4) is 0 Å². The second-order valence-electron chi connectivity index (χ2n) is 6.61. The first kappa shape index (κ1) is 19.4. The van der Waals surface area contributed by atoms with Crippen LogP contribution in [0.1, 0.15) is 30.9 Å². The molecule has 1 saturated heterocycles. The summed E-state index contributed by atoms with van der Waals surface area (Å²) in [5.41, 5.74) is 0.973. The number of benzene rings is 1. The lowest BCUT2D eigenvalue weighted by Crippen LogP contribution is -2.39. The third kappa shape index (κ3) is 5.83. The van der Waals surface area contributed by atoms with E-state index in [4.69, 9.17) is 0 Å². The van der Waals surface area contributed by atoms with Gasteiger partial charge in [0.15, 0.2) is 0 Å². The first-order valence-electron chi connectivity index (χ1n) is 8.77. The first-order valence-corrected chi connectivity index (χ1v) is 8.77. The predicted octanol–water partition coefficient (Wildman–Crippen LogP) is 1.45. The number of amides is 1. The quantitative estimate of drug-likeness (QED) is 0.756. The van der Waals surface area contributed by atoms with Crippen molar-refractivity contribution >= 4 is 11.9 Å². The van der Waals surface area contributed by atoms with Gasteiger partial charge in [-0.2, -0.15) is 0 Å². The Morgan fingerprint density at radius 3 is 2.52 bits per heavy atom. The summed E-state index contributed by atoms with van der Waals surface area (Å²) in [6.07, 6.45) is 1.81. The summed E-state index contributed by atoms with van der Waals surface area (Å²) >= 11 is 0. The highest BCUT2D eigenvalue weighted by atomic mass is 16.5. The number of carbonyl (C=O) groups is 2. The van der Waals surface area contributed by atoms with Crippen molar-refractivity contribution in [3.63, 3.8) is 0 Å². The van der Waals surface area contributed by atoms with Crippen LogP contribution in [0.15, 0.2) is 30.3 Å². The van der Waals surface area contributed by atoms with E-state index in [0.717, 1.165) is 31.5 Å². The third-order valence-corrected chi connectivity index (χ3v) is 4.88. The maximum atomic E-state index is 12.0. The summed E-state index contributed by atoms with van der Waals surface area (Å²) in [5.74, 6) is -0.209. The number of aliphatic hydroxyl groups is 1. The molecule has 1 aliphatic rings. The third-order valence-electron chi connectivity index (χ3n) is 4.88. The number of hydrogen-bond donors (Lipinski definition) is 1. The predicted molar refractivity (Wildman–Crippen MR) is 94.8 cm³/mol. The molecule has 1 atom stereocenters. The van der Waals surface area contributed by atoms with E-state index in [-0.39, 0.29) is 18.4 Å². The van der Waals surface area contributed by atoms with Crippen LogP contribution in [0.4, 0.5) is 0 Å². The number of ether oxygens (including phenoxy) is 1. The van der Waals surface area contributed by atoms with Gasteiger partial charge < -0.3 is 19.6 Å². The summed E-state index contributed by atoms with van der Waals surface area (Å²) in [7, 11) is 2.93. The number of aliphatic hydroxyl groups excluding tert-OH is 1. The fourth-order valence-electron chi connectivity index (χ4n) is 3.21. The summed E-state index contributed by atoms with van der Waals surface area (Å²) < 4.78 is 4.57. The molecule has 0 bridgehead atoms. The molecule has 1 aromatic carbocycles. The standard InChI is InChI=1S/C19H28N2O4/c1-20(14-18(23)25-2)17(22)10-13-21-11-8-16(9-12-21)19(24)15-6-4-3-5-7-15/h3-7,16,19,24H,8-14H2,1-2H3. The number of likely N-dealkylation sites (tertiary alicyclic amines) is 1. The number of hydrogen-bond acceptors (Lipinski definition) is 5. The van der Waals surface area contributed by atoms with Crippen LogP contribution in [0, 0.1) is 5.92 Å². The van der Waals surface area contributed by atoms with Gasteiger partial charge in [-0.15, -0.1) is 0 Å². The Morgan fingerprint density at radius 1 is 1.28 bits per heavy atom. The van der Waals surface area contributed by atoms with E-state index in [9.17, 15) is 14.7 Å². The van der Waals surface area contributed by atoms with Gasteiger partial charge in [-0.1, -0.05) is 30.3 Å². The average molecular weight is 348 g/mol. The normalized spacial score (nSPS) is 17.1. The van der Waals surface area contributed by atoms with Crippen molar-refractivity contribution in [1.82, 2.24) is 9.80 Å². The van der Waals surface area contributed by atoms with E-state index >= 15 is 0 Å². The summed E-state index contributed by atoms with van der Waals surface area (Å²) in [4.78, 5) is 26.9. The minimum atomic E-state index is -0.420. The number of carbonyl (C=O) groups excluding carboxylic acids is 2. The first-order chi connectivity index (χ1) is 12.0. The number of rotatable bonds is 7. The number of piperidine rings is 1. The van der Waals surface area contributed by atoms with E-state index in [1.165, 1.54) is 12.0 Å². The molecule has 0 spiro atoms. The monoisotopic (exact) mass is 348 g/mol. The van der Waals surface area contributed by atoms with Crippen molar-refractivity contribution < 1.29 is 19.4 Å². The molecule has 2 rings (SSSR count). The zero-order valence-electron chi connectivity index (χ0n) is 15.1. The van der Waals surface area contributed by atoms with E-state index < -0.39 is 12.1 Å². The van der Waals surface area contributed by atoms with Crippen LogP contribution in [0.5, 0.6) is 0 Å². The molecular formula is C19H28N2O4. The van der Waals surface area contributed by atoms with Crippen LogP contribution in [-0.4, -0.2) is 67.1 Å². The Kier molecular flexibility index (Phi) is 7.40. The largest absolute Gasteiger partial charge is 0.468 e. The Labute approximate surface area is 149 Å². The van der Waals surface area contributed by atoms with Gasteiger partial charge in [0, 0.05) is 20.0 Å². The summed E-state index contributed by atoms with van der Waals surface area (Å²) in [6.45, 7) is 2.42. The van der Waals surface area contributed by atoms with Crippen molar-refractivity contribution in [2.24, 2.45) is 5.92 Å². The van der Waals surface area contributed by atoms with Crippen LogP contribution in [-0.2, 0) is 14.3 Å². The van der Waals surface area contributed by atoms with Gasteiger partial charge in [0.2, 0.25) is 5.91 Å². The lowest BCUT2D eigenvalue weighted by molar-refractivity contribution is -0.146. The van der Waals surface area contributed by atoms with E-state index in [1.807, 2.05) is 30.3 Å². The molecule has 1 N–H and O–H groups in total. The molecule has 1 heterocycles. The Morgan fingerprint density at radius 2 is 1.92 bits per heavy atom. The topological polar surface area (TPSA) is 70.1 Å². The maximum absolute atomic E-state index is 12.0. The Hall–Kier alpha value is -1.92. The number of nitrogens with zero attached hydrogens (tertiary/aromatic N) is 2. The molecule has 6 nitrogen and oxygen atoms in total. The molecule has 0 aromatic heterocycles. The number of esters is 1. The van der Waals surface area contributed by atoms with Crippen LogP contribution < -0.4 is 0 Å². The fourth-order valence-corrected chi connectivity index (χ4v) is 3.21. The molecular weight excluding hydrogens is 320 g/mol. The molecule has 1 amide bonds. The average Bonchev–Trinajstić information content (AvgIpc) is 2.66. The lowest BCUT2D eigenvalue weighted by atomic mass is 9.87. The number of likely N-dealkylation sites (N-methyl/N-ethyl adjacent to an activating group) is 1. The van der Waals surface area contributed by atoms with Crippen LogP contribution in [0.25, 0.3) is 0 Å². The zero-order valence-corrected chi connectivity index (χ0v) is 15.1. The Balaban J connectivity index is 1.72. The minimum Gasteiger partial charge on any atom is -0.468 e. The molecule has 6 heteroatoms. The molecule has 138 valence electrons. The van der Waals surface area contributed by atoms with Gasteiger partial charge in [0.1, 0.15) is 6.54 Å². The molecule has 25 heavy (non-hydrogen) atoms. The van der Waals surface area contributed by atoms with E-state index in [0.29, 0.717) is 13.0 Å². The second-order valence-corrected chi connectivity index (χ2v) is 6.61. The molecule has 1 aromatic rings. The van der Waals surface area contributed by atoms with E-state index in [1.54, 1.807) is 7.05 Å². The van der Waals surface area contributed by atoms with Crippen LogP contribution >= 0.6 is 0 Å². The highest BCUT2D eigenvalue weighted by Gasteiger charge is 2.26. The molecule has 0 aliphatic carbocycles. The van der Waals surface area contributed by atoms with Gasteiger partial charge in [-0.3, -0.25) is 9.59 Å². The van der Waals surface area contributed by atoms with Crippen LogP contribution in [0.2, 0.25) is 0 Å².